The number of amides is 1. The van der Waals surface area contributed by atoms with Crippen molar-refractivity contribution in [2.24, 2.45) is 0 Å². The molecule has 130 valence electrons. The van der Waals surface area contributed by atoms with Crippen LogP contribution in [0.15, 0.2) is 48.8 Å². The van der Waals surface area contributed by atoms with Gasteiger partial charge in [0.25, 0.3) is 0 Å². The van der Waals surface area contributed by atoms with Crippen molar-refractivity contribution in [3.05, 3.63) is 54.4 Å². The maximum Gasteiger partial charge on any atom is 0.316 e. The lowest BCUT2D eigenvalue weighted by Crippen LogP contribution is -2.44. The molecule has 1 aromatic carbocycles. The van der Waals surface area contributed by atoms with E-state index in [0.717, 1.165) is 12.8 Å². The summed E-state index contributed by atoms with van der Waals surface area (Å²) in [5.41, 5.74) is 0.649. The molecule has 2 aromatic rings. The van der Waals surface area contributed by atoms with Crippen LogP contribution in [0.25, 0.3) is 0 Å². The molecule has 0 N–H and O–H groups in total. The smallest absolute Gasteiger partial charge is 0.316 e. The van der Waals surface area contributed by atoms with E-state index in [-0.39, 0.29) is 30.6 Å². The van der Waals surface area contributed by atoms with Gasteiger partial charge in [0.2, 0.25) is 5.91 Å². The lowest BCUT2D eigenvalue weighted by molar-refractivity contribution is -0.133. The van der Waals surface area contributed by atoms with Crippen LogP contribution >= 0.6 is 0 Å². The molecule has 1 saturated heterocycles. The number of hydrogen-bond donors (Lipinski definition) is 0. The molecule has 6 nitrogen and oxygen atoms in total. The Balaban J connectivity index is 1.49. The van der Waals surface area contributed by atoms with E-state index in [4.69, 9.17) is 4.74 Å². The fraction of sp³-hybridized carbons (Fsp3) is 0.368. The first-order valence-corrected chi connectivity index (χ1v) is 8.52. The molecule has 0 saturated carbocycles. The van der Waals surface area contributed by atoms with Crippen molar-refractivity contribution in [2.75, 3.05) is 13.1 Å². The Labute approximate surface area is 146 Å². The average Bonchev–Trinajstić information content (AvgIpc) is 2.67. The van der Waals surface area contributed by atoms with Crippen LogP contribution in [-0.2, 0) is 4.79 Å². The number of carbonyl (C=O) groups excluding carboxylic acids is 2. The summed E-state index contributed by atoms with van der Waals surface area (Å²) in [6, 6.07) is 11.1. The first-order chi connectivity index (χ1) is 12.2. The van der Waals surface area contributed by atoms with Crippen molar-refractivity contribution < 1.29 is 14.3 Å². The first-order valence-electron chi connectivity index (χ1n) is 8.52. The van der Waals surface area contributed by atoms with E-state index in [0.29, 0.717) is 24.7 Å². The number of ether oxygens (including phenoxy) is 1. The number of benzene rings is 1. The van der Waals surface area contributed by atoms with Crippen molar-refractivity contribution >= 4 is 11.7 Å². The zero-order chi connectivity index (χ0) is 17.5. The summed E-state index contributed by atoms with van der Waals surface area (Å²) in [7, 11) is 0. The van der Waals surface area contributed by atoms with Crippen molar-refractivity contribution in [1.82, 2.24) is 14.9 Å². The molecule has 0 spiro atoms. The molecule has 0 radical (unpaired) electrons. The summed E-state index contributed by atoms with van der Waals surface area (Å²) in [5, 5.41) is 0. The Morgan fingerprint density at radius 2 is 1.84 bits per heavy atom. The zero-order valence-corrected chi connectivity index (χ0v) is 14.0. The average molecular weight is 339 g/mol. The van der Waals surface area contributed by atoms with Crippen molar-refractivity contribution in [1.29, 1.82) is 0 Å². The topological polar surface area (TPSA) is 72.4 Å². The standard InChI is InChI=1S/C19H21N3O3/c23-17(15-6-2-1-3-7-15)9-10-18(24)22-13-4-8-16(14-22)25-19-20-11-5-12-21-19/h1-3,5-7,11-12,16H,4,8-10,13-14H2. The number of ketones is 1. The fourth-order valence-corrected chi connectivity index (χ4v) is 2.90. The molecule has 1 amide bonds. The van der Waals surface area contributed by atoms with Gasteiger partial charge in [0.05, 0.1) is 6.54 Å². The van der Waals surface area contributed by atoms with Gasteiger partial charge in [-0.1, -0.05) is 30.3 Å². The van der Waals surface area contributed by atoms with Gasteiger partial charge < -0.3 is 9.64 Å². The Morgan fingerprint density at radius 3 is 2.60 bits per heavy atom. The van der Waals surface area contributed by atoms with E-state index in [1.54, 1.807) is 35.5 Å². The summed E-state index contributed by atoms with van der Waals surface area (Å²) >= 11 is 0. The molecule has 1 fully saturated rings. The lowest BCUT2D eigenvalue weighted by Gasteiger charge is -2.32. The minimum absolute atomic E-state index is 0.00329. The van der Waals surface area contributed by atoms with Gasteiger partial charge in [-0.3, -0.25) is 9.59 Å². The number of piperidine rings is 1. The Bertz CT molecular complexity index is 706. The van der Waals surface area contributed by atoms with Crippen LogP contribution in [0, 0.1) is 0 Å². The highest BCUT2D eigenvalue weighted by Gasteiger charge is 2.25. The molecule has 6 heteroatoms. The van der Waals surface area contributed by atoms with Crippen LogP contribution in [-0.4, -0.2) is 45.8 Å². The molecule has 2 heterocycles. The van der Waals surface area contributed by atoms with Crippen LogP contribution in [0.2, 0.25) is 0 Å². The summed E-state index contributed by atoms with van der Waals surface area (Å²) in [6.45, 7) is 1.21. The van der Waals surface area contributed by atoms with Crippen molar-refractivity contribution in [2.45, 2.75) is 31.8 Å². The number of hydrogen-bond acceptors (Lipinski definition) is 5. The van der Waals surface area contributed by atoms with Gasteiger partial charge in [0.15, 0.2) is 5.78 Å². The number of nitrogens with zero attached hydrogens (tertiary/aromatic N) is 3. The van der Waals surface area contributed by atoms with Crippen LogP contribution in [0.1, 0.15) is 36.0 Å². The second-order valence-corrected chi connectivity index (χ2v) is 6.04. The molecule has 1 unspecified atom stereocenters. The summed E-state index contributed by atoms with van der Waals surface area (Å²) in [4.78, 5) is 34.4. The maximum atomic E-state index is 12.4. The van der Waals surface area contributed by atoms with Crippen LogP contribution in [0.3, 0.4) is 0 Å². The molecule has 1 atom stereocenters. The van der Waals surface area contributed by atoms with Gasteiger partial charge in [0.1, 0.15) is 6.10 Å². The Kier molecular flexibility index (Phi) is 5.72. The minimum Gasteiger partial charge on any atom is -0.458 e. The third-order valence-electron chi connectivity index (χ3n) is 4.21. The van der Waals surface area contributed by atoms with Gasteiger partial charge in [-0.25, -0.2) is 9.97 Å². The van der Waals surface area contributed by atoms with E-state index in [2.05, 4.69) is 9.97 Å². The monoisotopic (exact) mass is 339 g/mol. The van der Waals surface area contributed by atoms with Crippen LogP contribution < -0.4 is 4.74 Å². The molecular formula is C19H21N3O3. The molecular weight excluding hydrogens is 318 g/mol. The molecule has 1 aliphatic heterocycles. The summed E-state index contributed by atoms with van der Waals surface area (Å²) in [5.74, 6) is -0.0111. The largest absolute Gasteiger partial charge is 0.458 e. The Morgan fingerprint density at radius 1 is 1.08 bits per heavy atom. The van der Waals surface area contributed by atoms with Gasteiger partial charge in [-0.2, -0.15) is 0 Å². The third-order valence-corrected chi connectivity index (χ3v) is 4.21. The summed E-state index contributed by atoms with van der Waals surface area (Å²) < 4.78 is 5.75. The number of Topliss-reactive ketones (excluding diaryl/α,β-unsaturated/α-hetero) is 1. The van der Waals surface area contributed by atoms with E-state index < -0.39 is 0 Å². The third kappa shape index (κ3) is 4.86. The first kappa shape index (κ1) is 17.1. The second kappa shape index (κ2) is 8.37. The van der Waals surface area contributed by atoms with E-state index >= 15 is 0 Å². The van der Waals surface area contributed by atoms with Gasteiger partial charge in [-0.15, -0.1) is 0 Å². The van der Waals surface area contributed by atoms with Crippen molar-refractivity contribution in [3.8, 4) is 6.01 Å². The number of carbonyl (C=O) groups is 2. The number of aromatic nitrogens is 2. The number of rotatable bonds is 6. The molecule has 0 bridgehead atoms. The van der Waals surface area contributed by atoms with Crippen LogP contribution in [0.5, 0.6) is 6.01 Å². The number of likely N-dealkylation sites (tertiary alicyclic amines) is 1. The molecule has 25 heavy (non-hydrogen) atoms. The van der Waals surface area contributed by atoms with Gasteiger partial charge >= 0.3 is 6.01 Å². The van der Waals surface area contributed by atoms with Crippen molar-refractivity contribution in [3.63, 3.8) is 0 Å². The minimum atomic E-state index is -0.107. The Hall–Kier alpha value is -2.76. The SMILES string of the molecule is O=C(CCC(=O)N1CCCC(Oc2ncccn2)C1)c1ccccc1. The van der Waals surface area contributed by atoms with Crippen LogP contribution in [0.4, 0.5) is 0 Å². The predicted octanol–water partition coefficient (Wildman–Crippen LogP) is 2.51. The quantitative estimate of drug-likeness (QED) is 0.756. The second-order valence-electron chi connectivity index (χ2n) is 6.04. The van der Waals surface area contributed by atoms with Gasteiger partial charge in [0, 0.05) is 37.3 Å². The highest BCUT2D eigenvalue weighted by molar-refractivity contribution is 5.97. The highest BCUT2D eigenvalue weighted by atomic mass is 16.5. The molecule has 1 aliphatic rings. The maximum absolute atomic E-state index is 12.4. The fourth-order valence-electron chi connectivity index (χ4n) is 2.90. The lowest BCUT2D eigenvalue weighted by atomic mass is 10.0. The molecule has 3 rings (SSSR count). The highest BCUT2D eigenvalue weighted by Crippen LogP contribution is 2.16. The predicted molar refractivity (Wildman–Crippen MR) is 92.3 cm³/mol. The molecule has 0 aliphatic carbocycles. The normalized spacial score (nSPS) is 17.1. The van der Waals surface area contributed by atoms with E-state index in [1.165, 1.54) is 0 Å². The molecule has 1 aromatic heterocycles. The summed E-state index contributed by atoms with van der Waals surface area (Å²) in [6.07, 6.45) is 5.34. The zero-order valence-electron chi connectivity index (χ0n) is 14.0. The van der Waals surface area contributed by atoms with E-state index in [9.17, 15) is 9.59 Å². The van der Waals surface area contributed by atoms with E-state index in [1.807, 2.05) is 18.2 Å². The van der Waals surface area contributed by atoms with Gasteiger partial charge in [-0.05, 0) is 18.9 Å².